The molecule has 1 aromatic rings. The van der Waals surface area contributed by atoms with E-state index in [0.717, 1.165) is 0 Å². The minimum atomic E-state index is -2.85. The van der Waals surface area contributed by atoms with E-state index in [-0.39, 0.29) is 5.91 Å². The van der Waals surface area contributed by atoms with Crippen LogP contribution in [0, 0.1) is 0 Å². The highest BCUT2D eigenvalue weighted by atomic mass is 32.2. The Labute approximate surface area is 112 Å². The zero-order valence-corrected chi connectivity index (χ0v) is 11.3. The summed E-state index contributed by atoms with van der Waals surface area (Å²) in [4.78, 5) is 22.3. The van der Waals surface area contributed by atoms with Crippen molar-refractivity contribution in [1.82, 2.24) is 0 Å². The lowest BCUT2D eigenvalue weighted by Gasteiger charge is -2.09. The number of rotatable bonds is 5. The number of carboxylic acids is 1. The second kappa shape index (κ2) is 5.71. The maximum Gasteiger partial charge on any atom is 0.315 e. The van der Waals surface area contributed by atoms with Crippen LogP contribution in [0.1, 0.15) is 6.92 Å². The number of benzene rings is 1. The minimum Gasteiger partial charge on any atom is -0.481 e. The van der Waals surface area contributed by atoms with Gasteiger partial charge in [0.25, 0.3) is 5.91 Å². The Morgan fingerprint density at radius 1 is 1.32 bits per heavy atom. The van der Waals surface area contributed by atoms with Gasteiger partial charge in [-0.1, -0.05) is 6.58 Å². The highest BCUT2D eigenvalue weighted by Crippen LogP contribution is 2.16. The Bertz CT molecular complexity index is 615. The van der Waals surface area contributed by atoms with Gasteiger partial charge < -0.3 is 10.4 Å². The van der Waals surface area contributed by atoms with Gasteiger partial charge in [0.1, 0.15) is 5.75 Å². The molecule has 1 unspecified atom stereocenters. The number of nitrogens with one attached hydrogen (secondary N) is 1. The molecule has 1 rings (SSSR count). The van der Waals surface area contributed by atoms with Gasteiger partial charge in [0.15, 0.2) is 0 Å². The van der Waals surface area contributed by atoms with Gasteiger partial charge in [0, 0.05) is 25.7 Å². The van der Waals surface area contributed by atoms with Gasteiger partial charge in [-0.2, -0.15) is 0 Å². The molecular weight excluding hydrogens is 266 g/mol. The Balaban J connectivity index is 2.91. The summed E-state index contributed by atoms with van der Waals surface area (Å²) in [6.07, 6.45) is 0. The number of hydrogen-bond acceptors (Lipinski definition) is 3. The van der Waals surface area contributed by atoms with Crippen molar-refractivity contribution in [1.29, 1.82) is 0 Å². The number of hydrogen-bond donors (Lipinski definition) is 2. The van der Waals surface area contributed by atoms with Crippen molar-refractivity contribution in [3.63, 3.8) is 0 Å². The molecule has 0 saturated carbocycles. The predicted molar refractivity (Wildman–Crippen MR) is 75.9 cm³/mol. The molecule has 6 heteroatoms. The lowest BCUT2D eigenvalue weighted by atomic mass is 10.3. The summed E-state index contributed by atoms with van der Waals surface area (Å²) < 4.78 is 12.0. The molecule has 0 saturated heterocycles. The summed E-state index contributed by atoms with van der Waals surface area (Å²) in [6, 6.07) is 6.07. The number of carbonyl (C=O) groups excluding carboxylic acids is 1. The third-order valence-corrected chi connectivity index (χ3v) is 4.13. The zero-order chi connectivity index (χ0) is 14.6. The minimum absolute atomic E-state index is 0.311. The van der Waals surface area contributed by atoms with E-state index in [9.17, 15) is 13.8 Å². The number of amides is 1. The number of aliphatic carboxylic acids is 1. The fourth-order valence-electron chi connectivity index (χ4n) is 1.31. The van der Waals surface area contributed by atoms with Crippen LogP contribution in [0.15, 0.2) is 41.3 Å². The maximum atomic E-state index is 12.0. The van der Waals surface area contributed by atoms with Gasteiger partial charge in [-0.15, -0.1) is 0 Å². The van der Waals surface area contributed by atoms with E-state index >= 15 is 0 Å². The van der Waals surface area contributed by atoms with Crippen molar-refractivity contribution in [2.75, 3.05) is 11.1 Å². The molecule has 0 aliphatic heterocycles. The molecule has 5 nitrogen and oxygen atoms in total. The molecule has 0 fully saturated rings. The van der Waals surface area contributed by atoms with Gasteiger partial charge in [-0.05, 0) is 37.1 Å². The topological polar surface area (TPSA) is 83.5 Å². The van der Waals surface area contributed by atoms with Crippen LogP contribution in [0.4, 0.5) is 5.69 Å². The molecule has 1 amide bonds. The van der Waals surface area contributed by atoms with E-state index in [1.165, 1.54) is 12.1 Å². The predicted octanol–water partition coefficient (Wildman–Crippen LogP) is 1.36. The first-order valence-corrected chi connectivity index (χ1v) is 7.25. The van der Waals surface area contributed by atoms with Gasteiger partial charge in [0.05, 0.1) is 0 Å². The molecule has 1 aromatic carbocycles. The monoisotopic (exact) mass is 281 g/mol. The van der Waals surface area contributed by atoms with Crippen LogP contribution < -0.4 is 5.32 Å². The second-order valence-electron chi connectivity index (χ2n) is 4.11. The molecule has 102 valence electrons. The SMILES string of the molecule is C=C(C)C(=O)Nc1ccc(S(=C)(=O)CC(=O)O)cc1. The van der Waals surface area contributed by atoms with E-state index in [0.29, 0.717) is 16.2 Å². The highest BCUT2D eigenvalue weighted by molar-refractivity contribution is 8.00. The largest absolute Gasteiger partial charge is 0.481 e. The third-order valence-electron chi connectivity index (χ3n) is 2.29. The summed E-state index contributed by atoms with van der Waals surface area (Å²) in [5.74, 6) is 1.44. The van der Waals surface area contributed by atoms with E-state index in [1.807, 2.05) is 0 Å². The summed E-state index contributed by atoms with van der Waals surface area (Å²) in [7, 11) is -2.85. The molecule has 0 bridgehead atoms. The Kier molecular flexibility index (Phi) is 4.50. The first-order valence-electron chi connectivity index (χ1n) is 5.36. The van der Waals surface area contributed by atoms with Crippen LogP contribution in [0.2, 0.25) is 0 Å². The van der Waals surface area contributed by atoms with Crippen LogP contribution in [0.25, 0.3) is 0 Å². The van der Waals surface area contributed by atoms with Crippen molar-refractivity contribution in [2.45, 2.75) is 11.8 Å². The summed E-state index contributed by atoms with van der Waals surface area (Å²) in [5, 5.41) is 11.3. The van der Waals surface area contributed by atoms with E-state index in [4.69, 9.17) is 5.11 Å². The van der Waals surface area contributed by atoms with Crippen molar-refractivity contribution in [2.24, 2.45) is 0 Å². The molecule has 0 aromatic heterocycles. The first-order chi connectivity index (χ1) is 8.72. The quantitative estimate of drug-likeness (QED) is 0.630. The average molecular weight is 281 g/mol. The summed E-state index contributed by atoms with van der Waals surface area (Å²) in [6.45, 7) is 5.09. The number of carbonyl (C=O) groups is 2. The zero-order valence-electron chi connectivity index (χ0n) is 10.5. The van der Waals surface area contributed by atoms with Crippen LogP contribution >= 0.6 is 0 Å². The van der Waals surface area contributed by atoms with Gasteiger partial charge in [0.2, 0.25) is 0 Å². The van der Waals surface area contributed by atoms with E-state index < -0.39 is 21.2 Å². The Morgan fingerprint density at radius 2 is 1.84 bits per heavy atom. The normalized spacial score (nSPS) is 13.3. The molecule has 0 radical (unpaired) electrons. The molecule has 0 aliphatic carbocycles. The van der Waals surface area contributed by atoms with Gasteiger partial charge >= 0.3 is 5.97 Å². The number of carboxylic acid groups (broad SMARTS) is 1. The van der Waals surface area contributed by atoms with E-state index in [1.54, 1.807) is 19.1 Å². The van der Waals surface area contributed by atoms with Gasteiger partial charge in [-0.25, -0.2) is 0 Å². The standard InChI is InChI=1S/C13H15NO4S/c1-9(2)13(17)14-10-4-6-11(7-5-10)19(3,18)8-12(15)16/h4-7H,1,3,8H2,2H3,(H,14,17)(H,15,16). The van der Waals surface area contributed by atoms with Crippen molar-refractivity contribution in [3.05, 3.63) is 36.4 Å². The summed E-state index contributed by atoms with van der Waals surface area (Å²) in [5.41, 5.74) is 0.887. The fraction of sp³-hybridized carbons (Fsp3) is 0.154. The van der Waals surface area contributed by atoms with Crippen LogP contribution in [-0.2, 0) is 19.1 Å². The lowest BCUT2D eigenvalue weighted by molar-refractivity contribution is -0.134. The third kappa shape index (κ3) is 4.26. The lowest BCUT2D eigenvalue weighted by Crippen LogP contribution is -2.15. The molecule has 0 heterocycles. The van der Waals surface area contributed by atoms with Crippen LogP contribution in [0.3, 0.4) is 0 Å². The molecule has 19 heavy (non-hydrogen) atoms. The Morgan fingerprint density at radius 3 is 2.26 bits per heavy atom. The smallest absolute Gasteiger partial charge is 0.315 e. The molecule has 1 atom stereocenters. The van der Waals surface area contributed by atoms with Gasteiger partial charge in [-0.3, -0.25) is 13.8 Å². The Hall–Kier alpha value is -2.08. The number of anilines is 1. The average Bonchev–Trinajstić information content (AvgIpc) is 2.27. The fourth-order valence-corrected chi connectivity index (χ4v) is 2.50. The molecule has 0 spiro atoms. The van der Waals surface area contributed by atoms with Crippen LogP contribution in [-0.4, -0.2) is 32.8 Å². The summed E-state index contributed by atoms with van der Waals surface area (Å²) >= 11 is 0. The molecule has 2 N–H and O–H groups in total. The van der Waals surface area contributed by atoms with Crippen LogP contribution in [0.5, 0.6) is 0 Å². The van der Waals surface area contributed by atoms with E-state index in [2.05, 4.69) is 17.8 Å². The highest BCUT2D eigenvalue weighted by Gasteiger charge is 2.12. The van der Waals surface area contributed by atoms with Crippen molar-refractivity contribution >= 4 is 33.0 Å². The maximum absolute atomic E-state index is 12.0. The first kappa shape index (κ1) is 15.0. The van der Waals surface area contributed by atoms with Crippen molar-refractivity contribution < 1.29 is 18.9 Å². The second-order valence-corrected chi connectivity index (χ2v) is 6.49. The molecular formula is C13H15NO4S. The van der Waals surface area contributed by atoms with Crippen molar-refractivity contribution in [3.8, 4) is 0 Å². The molecule has 0 aliphatic rings.